The number of ether oxygens (including phenoxy) is 1. The van der Waals surface area contributed by atoms with Gasteiger partial charge < -0.3 is 14.6 Å². The van der Waals surface area contributed by atoms with E-state index in [0.717, 1.165) is 23.7 Å². The second-order valence-electron chi connectivity index (χ2n) is 5.31. The van der Waals surface area contributed by atoms with Crippen LogP contribution in [0.4, 0.5) is 0 Å². The Hall–Kier alpha value is -2.82. The van der Waals surface area contributed by atoms with Gasteiger partial charge in [0.2, 0.25) is 0 Å². The van der Waals surface area contributed by atoms with Crippen LogP contribution in [0.15, 0.2) is 55.1 Å². The number of hydrogen-bond acceptors (Lipinski definition) is 3. The van der Waals surface area contributed by atoms with Gasteiger partial charge in [-0.25, -0.2) is 4.98 Å². The third-order valence-electron chi connectivity index (χ3n) is 3.75. The van der Waals surface area contributed by atoms with Crippen LogP contribution in [0.25, 0.3) is 10.8 Å². The second-order valence-corrected chi connectivity index (χ2v) is 5.31. The molecule has 0 bridgehead atoms. The highest BCUT2D eigenvalue weighted by Crippen LogP contribution is 2.25. The summed E-state index contributed by atoms with van der Waals surface area (Å²) >= 11 is 0. The number of methoxy groups -OCH3 is 1. The van der Waals surface area contributed by atoms with Crippen LogP contribution in [-0.2, 0) is 6.54 Å². The van der Waals surface area contributed by atoms with Crippen molar-refractivity contribution in [1.29, 1.82) is 0 Å². The van der Waals surface area contributed by atoms with Crippen LogP contribution < -0.4 is 10.1 Å². The van der Waals surface area contributed by atoms with E-state index in [9.17, 15) is 4.79 Å². The van der Waals surface area contributed by atoms with Crippen LogP contribution in [0.3, 0.4) is 0 Å². The molecular weight excluding hydrogens is 290 g/mol. The standard InChI is InChI=1S/C18H19N3O2/c1-23-17-12-15-6-3-2-5-14(15)11-16(17)18(22)20-7-4-9-21-10-8-19-13-21/h2-3,5-6,8,10-13H,4,7,9H2,1H3,(H,20,22). The molecule has 1 aromatic heterocycles. The molecule has 0 fully saturated rings. The van der Waals surface area contributed by atoms with Crippen LogP contribution >= 0.6 is 0 Å². The zero-order valence-electron chi connectivity index (χ0n) is 13.0. The predicted octanol–water partition coefficient (Wildman–Crippen LogP) is 2.87. The lowest BCUT2D eigenvalue weighted by Crippen LogP contribution is -2.25. The lowest BCUT2D eigenvalue weighted by Gasteiger charge is -2.11. The Kier molecular flexibility index (Phi) is 4.57. The Balaban J connectivity index is 1.67. The first-order valence-electron chi connectivity index (χ1n) is 7.58. The largest absolute Gasteiger partial charge is 0.496 e. The second kappa shape index (κ2) is 6.96. The van der Waals surface area contributed by atoms with Crippen LogP contribution in [0.5, 0.6) is 5.75 Å². The van der Waals surface area contributed by atoms with E-state index >= 15 is 0 Å². The van der Waals surface area contributed by atoms with Gasteiger partial charge in [0, 0.05) is 25.5 Å². The molecule has 1 amide bonds. The van der Waals surface area contributed by atoms with E-state index in [1.54, 1.807) is 19.6 Å². The molecule has 2 aromatic carbocycles. The molecule has 0 aliphatic carbocycles. The minimum absolute atomic E-state index is 0.113. The Bertz CT molecular complexity index is 797. The van der Waals surface area contributed by atoms with Crippen molar-refractivity contribution in [3.8, 4) is 5.75 Å². The Morgan fingerprint density at radius 3 is 2.74 bits per heavy atom. The van der Waals surface area contributed by atoms with Crippen LogP contribution in [-0.4, -0.2) is 29.1 Å². The summed E-state index contributed by atoms with van der Waals surface area (Å²) in [5.41, 5.74) is 0.564. The number of rotatable bonds is 6. The topological polar surface area (TPSA) is 56.1 Å². The highest BCUT2D eigenvalue weighted by Gasteiger charge is 2.13. The van der Waals surface area contributed by atoms with E-state index in [4.69, 9.17) is 4.74 Å². The van der Waals surface area contributed by atoms with Gasteiger partial charge >= 0.3 is 0 Å². The fourth-order valence-corrected chi connectivity index (χ4v) is 2.54. The molecule has 0 saturated heterocycles. The van der Waals surface area contributed by atoms with Gasteiger partial charge in [-0.1, -0.05) is 24.3 Å². The highest BCUT2D eigenvalue weighted by molar-refractivity contribution is 6.01. The minimum atomic E-state index is -0.113. The number of nitrogens with zero attached hydrogens (tertiary/aromatic N) is 2. The number of carbonyl (C=O) groups excluding carboxylic acids is 1. The zero-order valence-corrected chi connectivity index (χ0v) is 13.0. The predicted molar refractivity (Wildman–Crippen MR) is 89.7 cm³/mol. The lowest BCUT2D eigenvalue weighted by molar-refractivity contribution is 0.0950. The fourth-order valence-electron chi connectivity index (χ4n) is 2.54. The molecule has 0 radical (unpaired) electrons. The maximum Gasteiger partial charge on any atom is 0.255 e. The molecule has 23 heavy (non-hydrogen) atoms. The summed E-state index contributed by atoms with van der Waals surface area (Å²) in [4.78, 5) is 16.4. The van der Waals surface area contributed by atoms with E-state index in [0.29, 0.717) is 17.9 Å². The number of imidazole rings is 1. The van der Waals surface area contributed by atoms with Crippen molar-refractivity contribution in [2.45, 2.75) is 13.0 Å². The first kappa shape index (κ1) is 15.1. The van der Waals surface area contributed by atoms with Gasteiger partial charge in [-0.2, -0.15) is 0 Å². The molecule has 118 valence electrons. The number of amides is 1. The van der Waals surface area contributed by atoms with Crippen LogP contribution in [0.1, 0.15) is 16.8 Å². The quantitative estimate of drug-likeness (QED) is 0.712. The summed E-state index contributed by atoms with van der Waals surface area (Å²) in [6.45, 7) is 1.43. The van der Waals surface area contributed by atoms with E-state index in [1.165, 1.54) is 0 Å². The van der Waals surface area contributed by atoms with E-state index < -0.39 is 0 Å². The number of fused-ring (bicyclic) bond motifs is 1. The number of nitrogens with one attached hydrogen (secondary N) is 1. The first-order valence-corrected chi connectivity index (χ1v) is 7.58. The van der Waals surface area contributed by atoms with Crippen molar-refractivity contribution in [1.82, 2.24) is 14.9 Å². The third-order valence-corrected chi connectivity index (χ3v) is 3.75. The van der Waals surface area contributed by atoms with E-state index in [1.807, 2.05) is 47.2 Å². The van der Waals surface area contributed by atoms with Gasteiger partial charge in [0.25, 0.3) is 5.91 Å². The molecule has 3 aromatic rings. The number of aromatic nitrogens is 2. The van der Waals surface area contributed by atoms with E-state index in [2.05, 4.69) is 10.3 Å². The monoisotopic (exact) mass is 309 g/mol. The van der Waals surface area contributed by atoms with Gasteiger partial charge in [-0.05, 0) is 29.3 Å². The van der Waals surface area contributed by atoms with Crippen LogP contribution in [0.2, 0.25) is 0 Å². The zero-order chi connectivity index (χ0) is 16.1. The average Bonchev–Trinajstić information content (AvgIpc) is 3.10. The van der Waals surface area contributed by atoms with Crippen molar-refractivity contribution in [2.24, 2.45) is 0 Å². The Morgan fingerprint density at radius 1 is 1.26 bits per heavy atom. The normalized spacial score (nSPS) is 10.7. The molecule has 0 atom stereocenters. The van der Waals surface area contributed by atoms with Crippen molar-refractivity contribution >= 4 is 16.7 Å². The molecule has 0 spiro atoms. The van der Waals surface area contributed by atoms with E-state index in [-0.39, 0.29) is 5.91 Å². The van der Waals surface area contributed by atoms with Crippen molar-refractivity contribution in [3.63, 3.8) is 0 Å². The molecule has 0 saturated carbocycles. The number of carbonyl (C=O) groups is 1. The SMILES string of the molecule is COc1cc2ccccc2cc1C(=O)NCCCn1ccnc1. The maximum atomic E-state index is 12.4. The number of hydrogen-bond donors (Lipinski definition) is 1. The van der Waals surface area contributed by atoms with Crippen molar-refractivity contribution in [2.75, 3.05) is 13.7 Å². The van der Waals surface area contributed by atoms with Gasteiger partial charge in [0.1, 0.15) is 5.75 Å². The molecule has 3 rings (SSSR count). The van der Waals surface area contributed by atoms with Gasteiger partial charge in [0.15, 0.2) is 0 Å². The summed E-state index contributed by atoms with van der Waals surface area (Å²) in [6.07, 6.45) is 6.28. The summed E-state index contributed by atoms with van der Waals surface area (Å²) in [6, 6.07) is 11.7. The summed E-state index contributed by atoms with van der Waals surface area (Å²) < 4.78 is 7.36. The van der Waals surface area contributed by atoms with Crippen molar-refractivity contribution in [3.05, 3.63) is 60.7 Å². The van der Waals surface area contributed by atoms with Gasteiger partial charge in [-0.3, -0.25) is 4.79 Å². The van der Waals surface area contributed by atoms with Crippen LogP contribution in [0, 0.1) is 0 Å². The number of aryl methyl sites for hydroxylation is 1. The molecule has 0 unspecified atom stereocenters. The summed E-state index contributed by atoms with van der Waals surface area (Å²) in [7, 11) is 1.58. The molecule has 5 nitrogen and oxygen atoms in total. The van der Waals surface area contributed by atoms with Gasteiger partial charge in [0.05, 0.1) is 19.0 Å². The Morgan fingerprint density at radius 2 is 2.04 bits per heavy atom. The molecule has 1 heterocycles. The number of benzene rings is 2. The molecule has 5 heteroatoms. The third kappa shape index (κ3) is 3.51. The lowest BCUT2D eigenvalue weighted by atomic mass is 10.1. The van der Waals surface area contributed by atoms with Gasteiger partial charge in [-0.15, -0.1) is 0 Å². The minimum Gasteiger partial charge on any atom is -0.496 e. The van der Waals surface area contributed by atoms with Crippen molar-refractivity contribution < 1.29 is 9.53 Å². The first-order chi connectivity index (χ1) is 11.3. The maximum absolute atomic E-state index is 12.4. The summed E-state index contributed by atoms with van der Waals surface area (Å²) in [5.74, 6) is 0.481. The molecule has 1 N–H and O–H groups in total. The molecule has 0 aliphatic rings. The fraction of sp³-hybridized carbons (Fsp3) is 0.222. The highest BCUT2D eigenvalue weighted by atomic mass is 16.5. The molecule has 0 aliphatic heterocycles. The smallest absolute Gasteiger partial charge is 0.255 e. The average molecular weight is 309 g/mol. The summed E-state index contributed by atoms with van der Waals surface area (Å²) in [5, 5.41) is 5.03. The molecular formula is C18H19N3O2. The Labute approximate surface area is 134 Å².